The molecular formula is C21H26N4O2. The molecule has 2 aliphatic heterocycles. The summed E-state index contributed by atoms with van der Waals surface area (Å²) in [7, 11) is 0. The van der Waals surface area contributed by atoms with Gasteiger partial charge in [-0.1, -0.05) is 12.1 Å². The molecule has 142 valence electrons. The van der Waals surface area contributed by atoms with Crippen LogP contribution in [0.5, 0.6) is 0 Å². The second-order valence-corrected chi connectivity index (χ2v) is 7.03. The van der Waals surface area contributed by atoms with Crippen LogP contribution < -0.4 is 10.6 Å². The molecule has 6 heteroatoms. The molecular weight excluding hydrogens is 340 g/mol. The Balaban J connectivity index is 1.51. The highest BCUT2D eigenvalue weighted by atomic mass is 16.5. The number of nitrogens with one attached hydrogen (secondary N) is 3. The van der Waals surface area contributed by atoms with E-state index in [2.05, 4.69) is 44.8 Å². The van der Waals surface area contributed by atoms with Gasteiger partial charge >= 0.3 is 0 Å². The van der Waals surface area contributed by atoms with Crippen molar-refractivity contribution in [1.29, 1.82) is 0 Å². The molecule has 0 atom stereocenters. The second kappa shape index (κ2) is 7.98. The number of fused-ring (bicyclic) bond motifs is 1. The number of allylic oxidation sites excluding steroid dienone is 2. The summed E-state index contributed by atoms with van der Waals surface area (Å²) in [5.74, 6) is -0.0141. The number of ether oxygens (including phenoxy) is 1. The lowest BCUT2D eigenvalue weighted by atomic mass is 10.0. The number of carbonyl (C=O) groups is 1. The van der Waals surface area contributed by atoms with Crippen molar-refractivity contribution in [3.8, 4) is 0 Å². The molecule has 0 saturated carbocycles. The van der Waals surface area contributed by atoms with Crippen LogP contribution in [0.25, 0.3) is 16.5 Å². The molecule has 0 radical (unpaired) electrons. The number of rotatable bonds is 5. The van der Waals surface area contributed by atoms with Gasteiger partial charge in [-0.2, -0.15) is 0 Å². The maximum absolute atomic E-state index is 12.9. The minimum Gasteiger partial charge on any atom is -0.387 e. The first-order chi connectivity index (χ1) is 13.2. The molecule has 0 unspecified atom stereocenters. The van der Waals surface area contributed by atoms with E-state index in [1.165, 1.54) is 5.57 Å². The maximum Gasteiger partial charge on any atom is 0.253 e. The molecule has 2 aliphatic rings. The molecule has 1 aromatic heterocycles. The minimum absolute atomic E-state index is 0.0141. The Bertz CT molecular complexity index is 891. The molecule has 2 aromatic rings. The van der Waals surface area contributed by atoms with Crippen molar-refractivity contribution >= 4 is 22.4 Å². The zero-order valence-corrected chi connectivity index (χ0v) is 15.7. The first kappa shape index (κ1) is 17.8. The van der Waals surface area contributed by atoms with Crippen molar-refractivity contribution in [2.75, 3.05) is 45.9 Å². The number of aromatic nitrogens is 1. The van der Waals surface area contributed by atoms with E-state index in [0.29, 0.717) is 6.54 Å². The third-order valence-corrected chi connectivity index (χ3v) is 5.21. The van der Waals surface area contributed by atoms with Crippen LogP contribution in [0, 0.1) is 6.92 Å². The van der Waals surface area contributed by atoms with Gasteiger partial charge in [0.2, 0.25) is 0 Å². The van der Waals surface area contributed by atoms with Crippen LogP contribution in [0.4, 0.5) is 0 Å². The highest BCUT2D eigenvalue weighted by Crippen LogP contribution is 2.26. The van der Waals surface area contributed by atoms with Gasteiger partial charge in [0.05, 0.1) is 18.8 Å². The third kappa shape index (κ3) is 3.91. The summed E-state index contributed by atoms with van der Waals surface area (Å²) in [6.07, 6.45) is 6.06. The van der Waals surface area contributed by atoms with Crippen LogP contribution in [0.3, 0.4) is 0 Å². The number of hydrogen-bond acceptors (Lipinski definition) is 4. The van der Waals surface area contributed by atoms with Gasteiger partial charge in [0, 0.05) is 49.3 Å². The number of nitrogens with zero attached hydrogens (tertiary/aromatic N) is 1. The van der Waals surface area contributed by atoms with Crippen LogP contribution in [0.15, 0.2) is 36.6 Å². The predicted molar refractivity (Wildman–Crippen MR) is 108 cm³/mol. The van der Waals surface area contributed by atoms with Gasteiger partial charge < -0.3 is 20.4 Å². The number of amides is 1. The van der Waals surface area contributed by atoms with Crippen LogP contribution in [-0.2, 0) is 4.74 Å². The van der Waals surface area contributed by atoms with Gasteiger partial charge in [0.25, 0.3) is 5.91 Å². The SMILES string of the molecule is Cc1[nH]c2ccc(C3=CC=CNC3)cc2c1C(=O)NCCN1CCOCC1. The molecule has 3 heterocycles. The van der Waals surface area contributed by atoms with Gasteiger partial charge in [-0.3, -0.25) is 9.69 Å². The van der Waals surface area contributed by atoms with Crippen LogP contribution in [0.1, 0.15) is 21.6 Å². The van der Waals surface area contributed by atoms with Gasteiger partial charge in [-0.25, -0.2) is 0 Å². The summed E-state index contributed by atoms with van der Waals surface area (Å²) in [6, 6.07) is 6.27. The Morgan fingerprint density at radius 3 is 2.93 bits per heavy atom. The number of morpholine rings is 1. The Kier molecular flexibility index (Phi) is 5.27. The second-order valence-electron chi connectivity index (χ2n) is 7.03. The molecule has 3 N–H and O–H groups in total. The Hall–Kier alpha value is -2.57. The molecule has 6 nitrogen and oxygen atoms in total. The van der Waals surface area contributed by atoms with E-state index in [1.54, 1.807) is 0 Å². The average molecular weight is 366 g/mol. The number of dihydropyridines is 1. The molecule has 1 aromatic carbocycles. The quantitative estimate of drug-likeness (QED) is 0.757. The van der Waals surface area contributed by atoms with Gasteiger partial charge in [0.15, 0.2) is 0 Å². The number of hydrogen-bond donors (Lipinski definition) is 3. The molecule has 0 aliphatic carbocycles. The third-order valence-electron chi connectivity index (χ3n) is 5.21. The summed E-state index contributed by atoms with van der Waals surface area (Å²) in [5.41, 5.74) is 5.00. The van der Waals surface area contributed by atoms with E-state index >= 15 is 0 Å². The van der Waals surface area contributed by atoms with Gasteiger partial charge in [-0.15, -0.1) is 0 Å². The lowest BCUT2D eigenvalue weighted by Gasteiger charge is -2.26. The largest absolute Gasteiger partial charge is 0.387 e. The van der Waals surface area contributed by atoms with Crippen LogP contribution in [0.2, 0.25) is 0 Å². The number of benzene rings is 1. The smallest absolute Gasteiger partial charge is 0.253 e. The Morgan fingerprint density at radius 1 is 1.30 bits per heavy atom. The molecule has 1 saturated heterocycles. The summed E-state index contributed by atoms with van der Waals surface area (Å²) < 4.78 is 5.36. The summed E-state index contributed by atoms with van der Waals surface area (Å²) in [4.78, 5) is 18.5. The maximum atomic E-state index is 12.9. The Labute approximate surface area is 159 Å². The van der Waals surface area contributed by atoms with Crippen molar-refractivity contribution in [2.24, 2.45) is 0 Å². The van der Waals surface area contributed by atoms with Crippen molar-refractivity contribution in [1.82, 2.24) is 20.5 Å². The van der Waals surface area contributed by atoms with E-state index in [4.69, 9.17) is 4.74 Å². The fourth-order valence-corrected chi connectivity index (χ4v) is 3.72. The van der Waals surface area contributed by atoms with E-state index in [9.17, 15) is 4.79 Å². The number of H-pyrrole nitrogens is 1. The van der Waals surface area contributed by atoms with Crippen LogP contribution in [-0.4, -0.2) is 61.7 Å². The molecule has 0 spiro atoms. The summed E-state index contributed by atoms with van der Waals surface area (Å²) in [6.45, 7) is 7.67. The first-order valence-corrected chi connectivity index (χ1v) is 9.52. The van der Waals surface area contributed by atoms with E-state index < -0.39 is 0 Å². The lowest BCUT2D eigenvalue weighted by molar-refractivity contribution is 0.0383. The highest BCUT2D eigenvalue weighted by molar-refractivity contribution is 6.08. The van der Waals surface area contributed by atoms with Crippen molar-refractivity contribution in [3.05, 3.63) is 53.4 Å². The van der Waals surface area contributed by atoms with Crippen molar-refractivity contribution in [3.63, 3.8) is 0 Å². The van der Waals surface area contributed by atoms with Crippen molar-refractivity contribution in [2.45, 2.75) is 6.92 Å². The predicted octanol–water partition coefficient (Wildman–Crippen LogP) is 2.04. The van der Waals surface area contributed by atoms with Gasteiger partial charge in [0.1, 0.15) is 0 Å². The fraction of sp³-hybridized carbons (Fsp3) is 0.381. The van der Waals surface area contributed by atoms with Crippen LogP contribution >= 0.6 is 0 Å². The standard InChI is InChI=1S/C21H26N4O2/c1-15-20(21(26)23-7-8-25-9-11-27-12-10-25)18-13-16(4-5-19(18)24-15)17-3-2-6-22-14-17/h2-6,13,22,24H,7-12,14H2,1H3,(H,23,26). The summed E-state index contributed by atoms with van der Waals surface area (Å²) >= 11 is 0. The zero-order chi connectivity index (χ0) is 18.6. The van der Waals surface area contributed by atoms with Crippen molar-refractivity contribution < 1.29 is 9.53 Å². The summed E-state index contributed by atoms with van der Waals surface area (Å²) in [5, 5.41) is 7.29. The first-order valence-electron chi connectivity index (χ1n) is 9.52. The Morgan fingerprint density at radius 2 is 2.15 bits per heavy atom. The normalized spacial score (nSPS) is 17.6. The number of aromatic amines is 1. The molecule has 4 rings (SSSR count). The van der Waals surface area contributed by atoms with E-state index in [-0.39, 0.29) is 5.91 Å². The van der Waals surface area contributed by atoms with E-state index in [0.717, 1.165) is 67.1 Å². The fourth-order valence-electron chi connectivity index (χ4n) is 3.72. The molecule has 1 fully saturated rings. The molecule has 1 amide bonds. The topological polar surface area (TPSA) is 69.4 Å². The minimum atomic E-state index is -0.0141. The molecule has 27 heavy (non-hydrogen) atoms. The average Bonchev–Trinajstić information content (AvgIpc) is 3.04. The number of carbonyl (C=O) groups excluding carboxylic acids is 1. The zero-order valence-electron chi connectivity index (χ0n) is 15.7. The molecule has 0 bridgehead atoms. The van der Waals surface area contributed by atoms with Gasteiger partial charge in [-0.05, 0) is 42.5 Å². The lowest BCUT2D eigenvalue weighted by Crippen LogP contribution is -2.41. The van der Waals surface area contributed by atoms with E-state index in [1.807, 2.05) is 19.2 Å². The monoisotopic (exact) mass is 366 g/mol. The highest BCUT2D eigenvalue weighted by Gasteiger charge is 2.18. The number of aryl methyl sites for hydroxylation is 1.